The van der Waals surface area contributed by atoms with E-state index < -0.39 is 163 Å². The Morgan fingerprint density at radius 1 is 0.583 bits per heavy atom. The fourth-order valence-electron chi connectivity index (χ4n) is 6.84. The van der Waals surface area contributed by atoms with Crippen LogP contribution in [-0.4, -0.2) is 176 Å². The predicted octanol–water partition coefficient (Wildman–Crippen LogP) is -5.97. The number of aliphatic carboxylic acids is 2. The van der Waals surface area contributed by atoms with E-state index in [1.54, 1.807) is 36.7 Å². The lowest BCUT2D eigenvalue weighted by molar-refractivity contribution is -0.144. The number of para-hydroxylation sites is 1. The van der Waals surface area contributed by atoms with E-state index in [0.717, 1.165) is 6.92 Å². The van der Waals surface area contributed by atoms with Gasteiger partial charge < -0.3 is 85.1 Å². The normalized spacial score (nSPS) is 15.3. The zero-order valence-electron chi connectivity index (χ0n) is 40.0. The van der Waals surface area contributed by atoms with Gasteiger partial charge in [-0.3, -0.25) is 52.7 Å². The highest BCUT2D eigenvalue weighted by Crippen LogP contribution is 2.20. The number of carboxylic acids is 2. The van der Waals surface area contributed by atoms with Crippen molar-refractivity contribution in [2.75, 3.05) is 18.6 Å². The van der Waals surface area contributed by atoms with Crippen molar-refractivity contribution in [2.45, 2.75) is 120 Å². The first kappa shape index (κ1) is 60.8. The number of aromatic nitrogens is 1. The number of primary amides is 2. The Balaban J connectivity index is 2.41. The molecule has 10 atom stereocenters. The third-order valence-corrected chi connectivity index (χ3v) is 11.3. The number of H-pyrrole nitrogens is 1. The summed E-state index contributed by atoms with van der Waals surface area (Å²) in [5, 5.41) is 59.0. The topological polar surface area (TPSA) is 476 Å². The number of carboxylic acid groups (broad SMARTS) is 2. The van der Waals surface area contributed by atoms with Crippen LogP contribution in [0.15, 0.2) is 30.5 Å². The van der Waals surface area contributed by atoms with Crippen LogP contribution in [0.2, 0.25) is 0 Å². The van der Waals surface area contributed by atoms with E-state index in [1.807, 2.05) is 5.32 Å². The summed E-state index contributed by atoms with van der Waals surface area (Å²) < 4.78 is 0. The second-order valence-corrected chi connectivity index (χ2v) is 17.9. The summed E-state index contributed by atoms with van der Waals surface area (Å²) in [6.45, 7) is 4.68. The number of aliphatic hydroxyl groups is 2. The number of nitrogens with one attached hydrogen (secondary N) is 9. The van der Waals surface area contributed by atoms with Crippen LogP contribution in [0.4, 0.5) is 0 Å². The number of amides is 10. The van der Waals surface area contributed by atoms with Gasteiger partial charge in [0, 0.05) is 23.5 Å². The van der Waals surface area contributed by atoms with Gasteiger partial charge in [-0.1, -0.05) is 32.0 Å². The Hall–Kier alpha value is -7.37. The number of hydrogen-bond donors (Lipinski definition) is 16. The second kappa shape index (κ2) is 29.1. The first-order valence-electron chi connectivity index (χ1n) is 22.2. The molecule has 0 saturated heterocycles. The van der Waals surface area contributed by atoms with Crippen molar-refractivity contribution >= 4 is 93.7 Å². The number of benzene rings is 1. The molecule has 1 heterocycles. The third-order valence-electron chi connectivity index (χ3n) is 10.6. The van der Waals surface area contributed by atoms with E-state index in [1.165, 1.54) is 32.5 Å². The van der Waals surface area contributed by atoms with Gasteiger partial charge in [-0.2, -0.15) is 11.8 Å². The lowest BCUT2D eigenvalue weighted by Crippen LogP contribution is -2.63. The molecule has 0 bridgehead atoms. The van der Waals surface area contributed by atoms with Gasteiger partial charge in [0.2, 0.25) is 59.1 Å². The largest absolute Gasteiger partial charge is 0.481 e. The van der Waals surface area contributed by atoms with Crippen molar-refractivity contribution in [2.24, 2.45) is 23.1 Å². The number of rotatable bonds is 31. The summed E-state index contributed by atoms with van der Waals surface area (Å²) in [4.78, 5) is 158. The third kappa shape index (κ3) is 19.4. The van der Waals surface area contributed by atoms with Crippen LogP contribution in [0.3, 0.4) is 0 Å². The van der Waals surface area contributed by atoms with Crippen molar-refractivity contribution in [1.82, 2.24) is 47.5 Å². The SMILES string of the molecule is CSCC[C@H](NC(=O)[C@H](CC(=O)O)NC(=O)[C@H](Cc1c[nH]c2ccccc12)NC(=O)[C@@H](NC(=O)CN)[C@@H](C)O)C(=O)N[C@H](C(=O)N[C@H](C(=O)N[C@@H](CC(N)=O)C(=O)N[C@@H](CC(N)=O)C(=O)O)[C@@H](C)O)C(C)C. The predicted molar refractivity (Wildman–Crippen MR) is 255 cm³/mol. The Kier molecular flexibility index (Phi) is 24.5. The summed E-state index contributed by atoms with van der Waals surface area (Å²) in [5.74, 6) is -14.9. The number of carbonyl (C=O) groups excluding carboxylic acids is 10. The second-order valence-electron chi connectivity index (χ2n) is 16.9. The maximum atomic E-state index is 14.1. The monoisotopic (exact) mass is 1040 g/mol. The van der Waals surface area contributed by atoms with E-state index in [9.17, 15) is 78.0 Å². The number of hydrogen-bond acceptors (Lipinski definition) is 16. The molecule has 0 unspecified atom stereocenters. The van der Waals surface area contributed by atoms with Crippen LogP contribution < -0.4 is 59.7 Å². The average molecular weight is 1040 g/mol. The molecule has 29 heteroatoms. The smallest absolute Gasteiger partial charge is 0.326 e. The summed E-state index contributed by atoms with van der Waals surface area (Å²) >= 11 is 1.24. The van der Waals surface area contributed by atoms with E-state index in [2.05, 4.69) is 42.2 Å². The number of aliphatic hydroxyl groups excluding tert-OH is 2. The number of aromatic amines is 1. The molecule has 1 aromatic carbocycles. The van der Waals surface area contributed by atoms with Gasteiger partial charge in [-0.15, -0.1) is 0 Å². The zero-order valence-corrected chi connectivity index (χ0v) is 40.8. The molecular weight excluding hydrogens is 973 g/mol. The maximum Gasteiger partial charge on any atom is 0.326 e. The van der Waals surface area contributed by atoms with E-state index in [-0.39, 0.29) is 18.6 Å². The van der Waals surface area contributed by atoms with Crippen LogP contribution >= 0.6 is 11.8 Å². The molecule has 19 N–H and O–H groups in total. The summed E-state index contributed by atoms with van der Waals surface area (Å²) in [6.07, 6.45) is -3.19. The summed E-state index contributed by atoms with van der Waals surface area (Å²) in [6, 6.07) is -6.87. The van der Waals surface area contributed by atoms with Crippen LogP contribution in [0.1, 0.15) is 58.9 Å². The molecule has 28 nitrogen and oxygen atoms in total. The Bertz CT molecular complexity index is 2310. The van der Waals surface area contributed by atoms with Crippen LogP contribution in [0.5, 0.6) is 0 Å². The van der Waals surface area contributed by atoms with Crippen molar-refractivity contribution < 1.29 is 78.0 Å². The average Bonchev–Trinajstić information content (AvgIpc) is 3.70. The van der Waals surface area contributed by atoms with Crippen molar-refractivity contribution in [1.29, 1.82) is 0 Å². The lowest BCUT2D eigenvalue weighted by atomic mass is 10.0. The van der Waals surface area contributed by atoms with E-state index >= 15 is 0 Å². The van der Waals surface area contributed by atoms with Crippen molar-refractivity contribution in [3.05, 3.63) is 36.0 Å². The van der Waals surface area contributed by atoms with Gasteiger partial charge in [-0.05, 0) is 49.8 Å². The molecule has 10 amide bonds. The number of thioether (sulfide) groups is 1. The molecule has 72 heavy (non-hydrogen) atoms. The first-order valence-corrected chi connectivity index (χ1v) is 23.6. The molecule has 2 rings (SSSR count). The fourth-order valence-corrected chi connectivity index (χ4v) is 7.32. The Morgan fingerprint density at radius 2 is 1.03 bits per heavy atom. The van der Waals surface area contributed by atoms with Gasteiger partial charge in [0.15, 0.2) is 0 Å². The molecule has 0 radical (unpaired) electrons. The first-order chi connectivity index (χ1) is 33.7. The fraction of sp³-hybridized carbons (Fsp3) is 0.535. The molecule has 0 aliphatic heterocycles. The van der Waals surface area contributed by atoms with Crippen LogP contribution in [-0.2, 0) is 64.0 Å². The van der Waals surface area contributed by atoms with Gasteiger partial charge in [-0.25, -0.2) is 4.79 Å². The molecule has 0 saturated carbocycles. The lowest BCUT2D eigenvalue weighted by Gasteiger charge is -2.29. The molecular formula is C43H64N12O16S. The quantitative estimate of drug-likeness (QED) is 0.0334. The molecule has 0 aliphatic carbocycles. The molecule has 2 aromatic rings. The summed E-state index contributed by atoms with van der Waals surface area (Å²) in [7, 11) is 0. The highest BCUT2D eigenvalue weighted by atomic mass is 32.2. The molecule has 0 fully saturated rings. The molecule has 0 aliphatic rings. The minimum Gasteiger partial charge on any atom is -0.481 e. The number of nitrogens with two attached hydrogens (primary N) is 3. The Morgan fingerprint density at radius 3 is 1.54 bits per heavy atom. The van der Waals surface area contributed by atoms with Gasteiger partial charge in [0.1, 0.15) is 48.3 Å². The Labute approximate surface area is 416 Å². The number of carbonyl (C=O) groups is 12. The van der Waals surface area contributed by atoms with Crippen molar-refractivity contribution in [3.8, 4) is 0 Å². The van der Waals surface area contributed by atoms with Gasteiger partial charge in [0.05, 0.1) is 38.0 Å². The standard InChI is InChI=1S/C43H64N12O16S/c1-18(2)33(40(67)55-35(20(4)57)42(69)51-26(13-29(45)58)38(65)52-28(43(70)71)14-30(46)59)54-36(63)24(10-11-72-5)48-39(66)27(15-32(61)62)49-37(64)25(12-21-17-47-23-9-7-6-8-22(21)23)50-41(68)34(19(3)56)53-31(60)16-44/h6-9,17-20,24-28,33-35,47,56-57H,10-16,44H2,1-5H3,(H2,45,58)(H2,46,59)(H,48,66)(H,49,64)(H,50,68)(H,51,69)(H,52,65)(H,53,60)(H,54,63)(H,55,67)(H,61,62)(H,70,71)/t19-,20-,24+,25+,26+,27+,28+,33+,34+,35+/m1/s1. The van der Waals surface area contributed by atoms with Gasteiger partial charge >= 0.3 is 11.9 Å². The number of fused-ring (bicyclic) bond motifs is 1. The van der Waals surface area contributed by atoms with Crippen LogP contribution in [0, 0.1) is 5.92 Å². The van der Waals surface area contributed by atoms with Crippen LogP contribution in [0.25, 0.3) is 10.9 Å². The zero-order chi connectivity index (χ0) is 54.6. The van der Waals surface area contributed by atoms with E-state index in [0.29, 0.717) is 16.5 Å². The molecule has 398 valence electrons. The minimum absolute atomic E-state index is 0.127. The maximum absolute atomic E-state index is 14.1. The minimum atomic E-state index is -1.90. The molecule has 1 aromatic heterocycles. The van der Waals surface area contributed by atoms with Crippen molar-refractivity contribution in [3.63, 3.8) is 0 Å². The van der Waals surface area contributed by atoms with Gasteiger partial charge in [0.25, 0.3) is 0 Å². The highest BCUT2D eigenvalue weighted by Gasteiger charge is 2.38. The summed E-state index contributed by atoms with van der Waals surface area (Å²) in [5.41, 5.74) is 16.8. The van der Waals surface area contributed by atoms with E-state index in [4.69, 9.17) is 17.2 Å². The molecule has 0 spiro atoms. The highest BCUT2D eigenvalue weighted by molar-refractivity contribution is 7.98.